The van der Waals surface area contributed by atoms with Crippen molar-refractivity contribution in [2.24, 2.45) is 0 Å². The molecule has 0 spiro atoms. The fourth-order valence-corrected chi connectivity index (χ4v) is 1.72. The summed E-state index contributed by atoms with van der Waals surface area (Å²) in [5.74, 6) is -1.12. The maximum atomic E-state index is 12.0. The largest absolute Gasteiger partial charge is 0.507 e. The standard InChI is InChI=1S/C15H18N2O5/c1-10(14(19)17(2)8-4-7-16)22-15(20)12-6-5-11(21-3)9-13(12)18/h5-6,9-10,18H,4,8H2,1-3H3/t10-/m0/s1. The minimum Gasteiger partial charge on any atom is -0.507 e. The minimum atomic E-state index is -1.02. The van der Waals surface area contributed by atoms with E-state index in [-0.39, 0.29) is 24.3 Å². The number of esters is 1. The number of likely N-dealkylation sites (N-methyl/N-ethyl adjacent to an activating group) is 1. The number of benzene rings is 1. The molecule has 0 unspecified atom stereocenters. The Labute approximate surface area is 128 Å². The molecule has 1 aromatic carbocycles. The van der Waals surface area contributed by atoms with Crippen LogP contribution in [0.15, 0.2) is 18.2 Å². The van der Waals surface area contributed by atoms with E-state index in [9.17, 15) is 14.7 Å². The Kier molecular flexibility index (Phi) is 6.20. The van der Waals surface area contributed by atoms with Crippen LogP contribution in [0.4, 0.5) is 0 Å². The topological polar surface area (TPSA) is 99.9 Å². The average Bonchev–Trinajstić information content (AvgIpc) is 2.51. The number of aromatic hydroxyl groups is 1. The van der Waals surface area contributed by atoms with E-state index in [0.717, 1.165) is 0 Å². The lowest BCUT2D eigenvalue weighted by atomic mass is 10.2. The average molecular weight is 306 g/mol. The highest BCUT2D eigenvalue weighted by molar-refractivity contribution is 5.94. The highest BCUT2D eigenvalue weighted by Crippen LogP contribution is 2.24. The first kappa shape index (κ1) is 17.3. The summed E-state index contributed by atoms with van der Waals surface area (Å²) in [6.45, 7) is 1.69. The van der Waals surface area contributed by atoms with E-state index in [1.54, 1.807) is 0 Å². The minimum absolute atomic E-state index is 0.0554. The van der Waals surface area contributed by atoms with Gasteiger partial charge in [0.1, 0.15) is 17.1 Å². The van der Waals surface area contributed by atoms with Gasteiger partial charge in [0.2, 0.25) is 0 Å². The number of phenolic OH excluding ortho intramolecular Hbond substituents is 1. The molecule has 0 aliphatic carbocycles. The van der Waals surface area contributed by atoms with Crippen LogP contribution < -0.4 is 4.74 Å². The van der Waals surface area contributed by atoms with Gasteiger partial charge in [0.15, 0.2) is 6.10 Å². The number of hydrogen-bond donors (Lipinski definition) is 1. The summed E-state index contributed by atoms with van der Waals surface area (Å²) in [5.41, 5.74) is -0.0554. The number of phenols is 1. The first-order chi connectivity index (χ1) is 10.4. The fraction of sp³-hybridized carbons (Fsp3) is 0.400. The maximum Gasteiger partial charge on any atom is 0.342 e. The zero-order valence-corrected chi connectivity index (χ0v) is 12.7. The number of carbonyl (C=O) groups excluding carboxylic acids is 2. The Morgan fingerprint density at radius 1 is 1.45 bits per heavy atom. The van der Waals surface area contributed by atoms with Crippen molar-refractivity contribution in [3.05, 3.63) is 23.8 Å². The van der Waals surface area contributed by atoms with E-state index >= 15 is 0 Å². The van der Waals surface area contributed by atoms with E-state index in [1.807, 2.05) is 6.07 Å². The maximum absolute atomic E-state index is 12.0. The normalized spacial score (nSPS) is 11.2. The van der Waals surface area contributed by atoms with Crippen LogP contribution >= 0.6 is 0 Å². The molecule has 0 aliphatic rings. The van der Waals surface area contributed by atoms with E-state index < -0.39 is 18.0 Å². The lowest BCUT2D eigenvalue weighted by Crippen LogP contribution is -2.37. The molecule has 7 heteroatoms. The van der Waals surface area contributed by atoms with Crippen LogP contribution in [-0.2, 0) is 9.53 Å². The summed E-state index contributed by atoms with van der Waals surface area (Å²) < 4.78 is 9.96. The van der Waals surface area contributed by atoms with Crippen LogP contribution in [0.25, 0.3) is 0 Å². The number of amides is 1. The number of methoxy groups -OCH3 is 1. The molecule has 0 radical (unpaired) electrons. The Hall–Kier alpha value is -2.75. The molecule has 1 atom stereocenters. The molecular formula is C15H18N2O5. The van der Waals surface area contributed by atoms with Gasteiger partial charge in [-0.05, 0) is 19.1 Å². The summed E-state index contributed by atoms with van der Waals surface area (Å²) in [7, 11) is 2.96. The quantitative estimate of drug-likeness (QED) is 0.796. The van der Waals surface area contributed by atoms with Crippen LogP contribution in [0.2, 0.25) is 0 Å². The number of nitrogens with zero attached hydrogens (tertiary/aromatic N) is 2. The van der Waals surface area contributed by atoms with Crippen molar-refractivity contribution >= 4 is 11.9 Å². The van der Waals surface area contributed by atoms with Crippen molar-refractivity contribution in [2.45, 2.75) is 19.4 Å². The van der Waals surface area contributed by atoms with Crippen molar-refractivity contribution in [3.8, 4) is 17.6 Å². The molecule has 1 rings (SSSR count). The van der Waals surface area contributed by atoms with Crippen molar-refractivity contribution in [2.75, 3.05) is 20.7 Å². The highest BCUT2D eigenvalue weighted by atomic mass is 16.5. The van der Waals surface area contributed by atoms with Gasteiger partial charge in [0, 0.05) is 19.7 Å². The van der Waals surface area contributed by atoms with Gasteiger partial charge in [-0.2, -0.15) is 5.26 Å². The molecule has 22 heavy (non-hydrogen) atoms. The predicted octanol–water partition coefficient (Wildman–Crippen LogP) is 1.32. The molecular weight excluding hydrogens is 288 g/mol. The van der Waals surface area contributed by atoms with E-state index in [1.165, 1.54) is 44.2 Å². The number of hydrogen-bond acceptors (Lipinski definition) is 6. The molecule has 0 aromatic heterocycles. The van der Waals surface area contributed by atoms with Gasteiger partial charge in [0.25, 0.3) is 5.91 Å². The van der Waals surface area contributed by atoms with E-state index in [0.29, 0.717) is 5.75 Å². The predicted molar refractivity (Wildman–Crippen MR) is 77.4 cm³/mol. The summed E-state index contributed by atoms with van der Waals surface area (Å²) >= 11 is 0. The molecule has 1 aromatic rings. The fourth-order valence-electron chi connectivity index (χ4n) is 1.72. The van der Waals surface area contributed by atoms with Gasteiger partial charge in [-0.25, -0.2) is 4.79 Å². The number of carbonyl (C=O) groups is 2. The van der Waals surface area contributed by atoms with Crippen LogP contribution in [0, 0.1) is 11.3 Å². The van der Waals surface area contributed by atoms with Gasteiger partial charge >= 0.3 is 5.97 Å². The Morgan fingerprint density at radius 3 is 2.68 bits per heavy atom. The van der Waals surface area contributed by atoms with Gasteiger partial charge in [-0.3, -0.25) is 4.79 Å². The Bertz CT molecular complexity index is 594. The van der Waals surface area contributed by atoms with Gasteiger partial charge < -0.3 is 19.5 Å². The lowest BCUT2D eigenvalue weighted by molar-refractivity contribution is -0.138. The molecule has 7 nitrogen and oxygen atoms in total. The first-order valence-corrected chi connectivity index (χ1v) is 6.60. The van der Waals surface area contributed by atoms with Crippen LogP contribution in [0.1, 0.15) is 23.7 Å². The van der Waals surface area contributed by atoms with Crippen molar-refractivity contribution in [3.63, 3.8) is 0 Å². The molecule has 0 saturated carbocycles. The molecule has 1 amide bonds. The highest BCUT2D eigenvalue weighted by Gasteiger charge is 2.23. The third-order valence-electron chi connectivity index (χ3n) is 2.99. The lowest BCUT2D eigenvalue weighted by Gasteiger charge is -2.20. The number of ether oxygens (including phenoxy) is 2. The zero-order chi connectivity index (χ0) is 16.7. The molecule has 0 bridgehead atoms. The second-order valence-corrected chi connectivity index (χ2v) is 4.60. The van der Waals surface area contributed by atoms with Gasteiger partial charge in [-0.15, -0.1) is 0 Å². The van der Waals surface area contributed by atoms with Gasteiger partial charge in [0.05, 0.1) is 19.6 Å². The van der Waals surface area contributed by atoms with Gasteiger partial charge in [-0.1, -0.05) is 0 Å². The molecule has 118 valence electrons. The van der Waals surface area contributed by atoms with Crippen LogP contribution in [0.3, 0.4) is 0 Å². The molecule has 1 N–H and O–H groups in total. The number of rotatable bonds is 6. The van der Waals surface area contributed by atoms with E-state index in [4.69, 9.17) is 14.7 Å². The molecule has 0 heterocycles. The molecule has 0 fully saturated rings. The summed E-state index contributed by atoms with van der Waals surface area (Å²) in [4.78, 5) is 25.2. The third-order valence-corrected chi connectivity index (χ3v) is 2.99. The second-order valence-electron chi connectivity index (χ2n) is 4.60. The summed E-state index contributed by atoms with van der Waals surface area (Å²) in [5, 5.41) is 18.2. The molecule has 0 aliphatic heterocycles. The Morgan fingerprint density at radius 2 is 2.14 bits per heavy atom. The zero-order valence-electron chi connectivity index (χ0n) is 12.7. The first-order valence-electron chi connectivity index (χ1n) is 6.60. The number of nitriles is 1. The second kappa shape index (κ2) is 7.88. The smallest absolute Gasteiger partial charge is 0.342 e. The van der Waals surface area contributed by atoms with E-state index in [2.05, 4.69) is 0 Å². The van der Waals surface area contributed by atoms with Crippen molar-refractivity contribution in [1.29, 1.82) is 5.26 Å². The van der Waals surface area contributed by atoms with Crippen LogP contribution in [-0.4, -0.2) is 48.7 Å². The third kappa shape index (κ3) is 4.38. The van der Waals surface area contributed by atoms with Crippen molar-refractivity contribution < 1.29 is 24.2 Å². The SMILES string of the molecule is COc1ccc(C(=O)O[C@@H](C)C(=O)N(C)CCC#N)c(O)c1. The summed E-state index contributed by atoms with van der Waals surface area (Å²) in [6, 6.07) is 6.07. The molecule has 0 saturated heterocycles. The monoisotopic (exact) mass is 306 g/mol. The Balaban J connectivity index is 2.72. The van der Waals surface area contributed by atoms with Crippen LogP contribution in [0.5, 0.6) is 11.5 Å². The van der Waals surface area contributed by atoms with Crippen molar-refractivity contribution in [1.82, 2.24) is 4.90 Å². The summed E-state index contributed by atoms with van der Waals surface area (Å²) in [6.07, 6.45) is -0.819.